The molecule has 0 spiro atoms. The highest BCUT2D eigenvalue weighted by molar-refractivity contribution is 5.09. The second-order valence-corrected chi connectivity index (χ2v) is 3.98. The Bertz CT molecular complexity index is 303. The molecule has 0 aliphatic carbocycles. The lowest BCUT2D eigenvalue weighted by molar-refractivity contribution is 0.111. The van der Waals surface area contributed by atoms with Gasteiger partial charge in [-0.15, -0.1) is 0 Å². The van der Waals surface area contributed by atoms with E-state index < -0.39 is 0 Å². The first-order chi connectivity index (χ1) is 8.27. The van der Waals surface area contributed by atoms with Crippen molar-refractivity contribution in [1.82, 2.24) is 10.3 Å². The third kappa shape index (κ3) is 5.24. The normalized spacial score (nSPS) is 12.6. The Morgan fingerprint density at radius 2 is 2.18 bits per heavy atom. The lowest BCUT2D eigenvalue weighted by Crippen LogP contribution is -2.27. The molecule has 17 heavy (non-hydrogen) atoms. The molecule has 1 N–H and O–H groups in total. The van der Waals surface area contributed by atoms with Crippen LogP contribution in [0.1, 0.15) is 38.4 Å². The molecule has 4 heteroatoms. The van der Waals surface area contributed by atoms with Crippen LogP contribution in [0.5, 0.6) is 0 Å². The largest absolute Gasteiger partial charge is 0.379 e. The van der Waals surface area contributed by atoms with Crippen molar-refractivity contribution in [3.8, 4) is 0 Å². The van der Waals surface area contributed by atoms with E-state index >= 15 is 0 Å². The van der Waals surface area contributed by atoms with Crippen LogP contribution in [0.2, 0.25) is 0 Å². The average molecular weight is 240 g/mol. The van der Waals surface area contributed by atoms with E-state index in [-0.39, 0.29) is 11.9 Å². The number of rotatable bonds is 8. The molecule has 0 aromatic carbocycles. The molecule has 0 aliphatic heterocycles. The van der Waals surface area contributed by atoms with Crippen molar-refractivity contribution in [3.05, 3.63) is 29.8 Å². The van der Waals surface area contributed by atoms with Crippen molar-refractivity contribution >= 4 is 0 Å². The third-order valence-corrected chi connectivity index (χ3v) is 2.38. The van der Waals surface area contributed by atoms with Crippen LogP contribution in [-0.4, -0.2) is 24.7 Å². The summed E-state index contributed by atoms with van der Waals surface area (Å²) in [6.07, 6.45) is 3.29. The van der Waals surface area contributed by atoms with E-state index in [1.165, 1.54) is 12.3 Å². The van der Waals surface area contributed by atoms with Crippen molar-refractivity contribution < 1.29 is 9.13 Å². The molecule has 1 heterocycles. The molecule has 1 aromatic heterocycles. The van der Waals surface area contributed by atoms with Crippen LogP contribution in [0, 0.1) is 5.82 Å². The topological polar surface area (TPSA) is 34.1 Å². The first kappa shape index (κ1) is 14.1. The fourth-order valence-corrected chi connectivity index (χ4v) is 1.51. The number of hydrogen-bond acceptors (Lipinski definition) is 3. The molecule has 1 unspecified atom stereocenters. The zero-order valence-electron chi connectivity index (χ0n) is 10.6. The van der Waals surface area contributed by atoms with Crippen LogP contribution in [-0.2, 0) is 4.74 Å². The molecule has 96 valence electrons. The molecule has 0 fully saturated rings. The average Bonchev–Trinajstić information content (AvgIpc) is 2.35. The summed E-state index contributed by atoms with van der Waals surface area (Å²) in [5, 5.41) is 3.35. The zero-order chi connectivity index (χ0) is 12.5. The van der Waals surface area contributed by atoms with Gasteiger partial charge < -0.3 is 10.1 Å². The van der Waals surface area contributed by atoms with Gasteiger partial charge in [0.1, 0.15) is 5.82 Å². The van der Waals surface area contributed by atoms with Crippen molar-refractivity contribution in [3.63, 3.8) is 0 Å². The van der Waals surface area contributed by atoms with E-state index in [0.29, 0.717) is 6.61 Å². The number of halogens is 1. The molecule has 0 radical (unpaired) electrons. The van der Waals surface area contributed by atoms with Crippen molar-refractivity contribution in [2.75, 3.05) is 19.8 Å². The summed E-state index contributed by atoms with van der Waals surface area (Å²) in [4.78, 5) is 4.09. The molecule has 1 atom stereocenters. The standard InChI is InChI=1S/C13H21FN2O/c1-3-7-15-13(10-17-8-4-2)12-6-5-11(14)9-16-12/h5-6,9,13,15H,3-4,7-8,10H2,1-2H3. The first-order valence-corrected chi connectivity index (χ1v) is 6.20. The summed E-state index contributed by atoms with van der Waals surface area (Å²) in [5.74, 6) is -0.308. The Morgan fingerprint density at radius 3 is 2.76 bits per heavy atom. The minimum Gasteiger partial charge on any atom is -0.379 e. The van der Waals surface area contributed by atoms with Gasteiger partial charge in [0, 0.05) is 6.61 Å². The number of nitrogens with zero attached hydrogens (tertiary/aromatic N) is 1. The second-order valence-electron chi connectivity index (χ2n) is 3.98. The van der Waals surface area contributed by atoms with Crippen molar-refractivity contribution in [2.24, 2.45) is 0 Å². The van der Waals surface area contributed by atoms with Crippen LogP contribution in [0.25, 0.3) is 0 Å². The highest BCUT2D eigenvalue weighted by Crippen LogP contribution is 2.11. The van der Waals surface area contributed by atoms with Gasteiger partial charge in [-0.1, -0.05) is 13.8 Å². The smallest absolute Gasteiger partial charge is 0.141 e. The minimum atomic E-state index is -0.308. The maximum atomic E-state index is 12.8. The molecular formula is C13H21FN2O. The Balaban J connectivity index is 2.57. The highest BCUT2D eigenvalue weighted by atomic mass is 19.1. The predicted octanol–water partition coefficient (Wildman–Crippen LogP) is 2.69. The maximum absolute atomic E-state index is 12.8. The van der Waals surface area contributed by atoms with Crippen molar-refractivity contribution in [1.29, 1.82) is 0 Å². The molecule has 0 aliphatic rings. The summed E-state index contributed by atoms with van der Waals surface area (Å²) in [5.41, 5.74) is 0.830. The lowest BCUT2D eigenvalue weighted by atomic mass is 10.2. The number of nitrogens with one attached hydrogen (secondary N) is 1. The van der Waals surface area contributed by atoms with E-state index in [4.69, 9.17) is 4.74 Å². The summed E-state index contributed by atoms with van der Waals surface area (Å²) in [6.45, 7) is 6.40. The second kappa shape index (κ2) is 8.14. The lowest BCUT2D eigenvalue weighted by Gasteiger charge is -2.17. The van der Waals surface area contributed by atoms with Gasteiger partial charge in [-0.05, 0) is 31.5 Å². The predicted molar refractivity (Wildman–Crippen MR) is 66.3 cm³/mol. The third-order valence-electron chi connectivity index (χ3n) is 2.38. The number of ether oxygens (including phenoxy) is 1. The highest BCUT2D eigenvalue weighted by Gasteiger charge is 2.12. The number of pyridine rings is 1. The van der Waals surface area contributed by atoms with Gasteiger partial charge in [-0.3, -0.25) is 4.98 Å². The van der Waals surface area contributed by atoms with E-state index in [0.717, 1.165) is 31.7 Å². The van der Waals surface area contributed by atoms with Gasteiger partial charge in [0.05, 0.1) is 24.5 Å². The minimum absolute atomic E-state index is 0.0436. The van der Waals surface area contributed by atoms with E-state index in [9.17, 15) is 4.39 Å². The number of aromatic nitrogens is 1. The van der Waals surface area contributed by atoms with Gasteiger partial charge >= 0.3 is 0 Å². The maximum Gasteiger partial charge on any atom is 0.141 e. The summed E-state index contributed by atoms with van der Waals surface area (Å²) < 4.78 is 18.3. The quantitative estimate of drug-likeness (QED) is 0.709. The monoisotopic (exact) mass is 240 g/mol. The molecule has 3 nitrogen and oxygen atoms in total. The van der Waals surface area contributed by atoms with Gasteiger partial charge in [0.2, 0.25) is 0 Å². The first-order valence-electron chi connectivity index (χ1n) is 6.20. The SMILES string of the molecule is CCCNC(COCCC)c1ccc(F)cn1. The van der Waals surface area contributed by atoms with Gasteiger partial charge in [0.15, 0.2) is 0 Å². The van der Waals surface area contributed by atoms with Gasteiger partial charge in [-0.25, -0.2) is 4.39 Å². The molecule has 0 amide bonds. The Morgan fingerprint density at radius 1 is 1.35 bits per heavy atom. The van der Waals surface area contributed by atoms with E-state index in [1.54, 1.807) is 6.07 Å². The number of hydrogen-bond donors (Lipinski definition) is 1. The summed E-state index contributed by atoms with van der Waals surface area (Å²) >= 11 is 0. The zero-order valence-corrected chi connectivity index (χ0v) is 10.6. The van der Waals surface area contributed by atoms with Crippen LogP contribution >= 0.6 is 0 Å². The molecule has 1 aromatic rings. The molecular weight excluding hydrogens is 219 g/mol. The fraction of sp³-hybridized carbons (Fsp3) is 0.615. The molecule has 0 saturated carbocycles. The molecule has 1 rings (SSSR count). The molecule has 0 bridgehead atoms. The van der Waals surface area contributed by atoms with Gasteiger partial charge in [-0.2, -0.15) is 0 Å². The van der Waals surface area contributed by atoms with Crippen LogP contribution in [0.3, 0.4) is 0 Å². The van der Waals surface area contributed by atoms with Crippen LogP contribution < -0.4 is 5.32 Å². The van der Waals surface area contributed by atoms with E-state index in [1.807, 2.05) is 0 Å². The van der Waals surface area contributed by atoms with E-state index in [2.05, 4.69) is 24.1 Å². The fourth-order valence-electron chi connectivity index (χ4n) is 1.51. The summed E-state index contributed by atoms with van der Waals surface area (Å²) in [7, 11) is 0. The van der Waals surface area contributed by atoms with Gasteiger partial charge in [0.25, 0.3) is 0 Å². The Kier molecular flexibility index (Phi) is 6.74. The van der Waals surface area contributed by atoms with Crippen LogP contribution in [0.4, 0.5) is 4.39 Å². The van der Waals surface area contributed by atoms with Crippen molar-refractivity contribution in [2.45, 2.75) is 32.7 Å². The molecule has 0 saturated heterocycles. The Labute approximate surface area is 102 Å². The van der Waals surface area contributed by atoms with Crippen LogP contribution in [0.15, 0.2) is 18.3 Å². The summed E-state index contributed by atoms with van der Waals surface area (Å²) in [6, 6.07) is 3.18. The Hall–Kier alpha value is -1.00.